The molecule has 1 aromatic heterocycles. The summed E-state index contributed by atoms with van der Waals surface area (Å²) in [6.45, 7) is 5.94. The summed E-state index contributed by atoms with van der Waals surface area (Å²) in [5.41, 5.74) is 2.34. The molecule has 1 unspecified atom stereocenters. The number of rotatable bonds is 7. The molecule has 2 N–H and O–H groups in total. The third-order valence-corrected chi connectivity index (χ3v) is 4.97. The monoisotopic (exact) mass is 406 g/mol. The lowest BCUT2D eigenvalue weighted by atomic mass is 10.0. The van der Waals surface area contributed by atoms with Crippen molar-refractivity contribution in [3.63, 3.8) is 0 Å². The quantitative estimate of drug-likeness (QED) is 0.631. The molecule has 2 aromatic carbocycles. The maximum absolute atomic E-state index is 13.0. The van der Waals surface area contributed by atoms with Gasteiger partial charge in [0, 0.05) is 13.5 Å². The van der Waals surface area contributed by atoms with Crippen molar-refractivity contribution >= 4 is 22.7 Å². The van der Waals surface area contributed by atoms with Gasteiger partial charge in [0.2, 0.25) is 11.8 Å². The minimum Gasteiger partial charge on any atom is -0.349 e. The Labute approximate surface area is 175 Å². The summed E-state index contributed by atoms with van der Waals surface area (Å²) in [6.07, 6.45) is 0.119. The third kappa shape index (κ3) is 5.11. The highest BCUT2D eigenvalue weighted by Crippen LogP contribution is 2.19. The van der Waals surface area contributed by atoms with Gasteiger partial charge in [-0.1, -0.05) is 42.0 Å². The van der Waals surface area contributed by atoms with Crippen LogP contribution < -0.4 is 10.9 Å². The number of para-hydroxylation sites is 1. The van der Waals surface area contributed by atoms with Crippen molar-refractivity contribution in [2.45, 2.75) is 39.8 Å². The molecule has 30 heavy (non-hydrogen) atoms. The average molecular weight is 406 g/mol. The van der Waals surface area contributed by atoms with Gasteiger partial charge in [0.1, 0.15) is 5.82 Å². The molecule has 3 aromatic rings. The van der Waals surface area contributed by atoms with E-state index in [0.29, 0.717) is 23.3 Å². The Morgan fingerprint density at radius 1 is 1.13 bits per heavy atom. The lowest BCUT2D eigenvalue weighted by Gasteiger charge is -2.24. The minimum absolute atomic E-state index is 0.119. The van der Waals surface area contributed by atoms with Crippen molar-refractivity contribution in [1.82, 2.24) is 20.2 Å². The standard InChI is InChI=1S/C23H26N4O3/c1-4-27(14-21-25-19-8-6-5-7-18(19)23(30)26-21)22(29)13-20(24-16(3)28)17-11-9-15(2)10-12-17/h5-12,20H,4,13-14H2,1-3H3,(H,24,28)(H,25,26,30). The molecule has 1 heterocycles. The van der Waals surface area contributed by atoms with Crippen molar-refractivity contribution < 1.29 is 9.59 Å². The van der Waals surface area contributed by atoms with Crippen molar-refractivity contribution in [2.75, 3.05) is 6.54 Å². The van der Waals surface area contributed by atoms with Crippen molar-refractivity contribution in [3.05, 3.63) is 75.8 Å². The van der Waals surface area contributed by atoms with Crippen LogP contribution in [0.1, 0.15) is 43.3 Å². The zero-order chi connectivity index (χ0) is 21.7. The van der Waals surface area contributed by atoms with E-state index >= 15 is 0 Å². The second-order valence-electron chi connectivity index (χ2n) is 7.31. The van der Waals surface area contributed by atoms with E-state index in [2.05, 4.69) is 15.3 Å². The fourth-order valence-corrected chi connectivity index (χ4v) is 3.37. The molecule has 0 saturated carbocycles. The Bertz CT molecular complexity index is 1110. The zero-order valence-electron chi connectivity index (χ0n) is 17.4. The number of fused-ring (bicyclic) bond motifs is 1. The third-order valence-electron chi connectivity index (χ3n) is 4.97. The number of nitrogens with zero attached hydrogens (tertiary/aromatic N) is 2. The van der Waals surface area contributed by atoms with Crippen LogP contribution in [0.2, 0.25) is 0 Å². The molecule has 156 valence electrons. The van der Waals surface area contributed by atoms with Crippen LogP contribution in [0.3, 0.4) is 0 Å². The van der Waals surface area contributed by atoms with Crippen molar-refractivity contribution in [3.8, 4) is 0 Å². The molecule has 0 radical (unpaired) electrons. The summed E-state index contributed by atoms with van der Waals surface area (Å²) in [5, 5.41) is 3.38. The fraction of sp³-hybridized carbons (Fsp3) is 0.304. The van der Waals surface area contributed by atoms with E-state index in [1.54, 1.807) is 23.1 Å². The average Bonchev–Trinajstić information content (AvgIpc) is 2.71. The summed E-state index contributed by atoms with van der Waals surface area (Å²) in [4.78, 5) is 45.9. The molecular formula is C23H26N4O3. The van der Waals surface area contributed by atoms with Crippen LogP contribution in [-0.2, 0) is 16.1 Å². The van der Waals surface area contributed by atoms with Crippen molar-refractivity contribution in [1.29, 1.82) is 0 Å². The number of benzene rings is 2. The highest BCUT2D eigenvalue weighted by atomic mass is 16.2. The van der Waals surface area contributed by atoms with Gasteiger partial charge in [-0.3, -0.25) is 14.4 Å². The summed E-state index contributed by atoms with van der Waals surface area (Å²) >= 11 is 0. The van der Waals surface area contributed by atoms with Gasteiger partial charge in [0.05, 0.1) is 29.9 Å². The van der Waals surface area contributed by atoms with Gasteiger partial charge in [0.15, 0.2) is 0 Å². The second kappa shape index (κ2) is 9.35. The van der Waals surface area contributed by atoms with Crippen LogP contribution in [0.4, 0.5) is 0 Å². The number of aromatic nitrogens is 2. The number of aromatic amines is 1. The predicted octanol–water partition coefficient (Wildman–Crippen LogP) is 2.85. The number of aryl methyl sites for hydroxylation is 1. The molecule has 1 atom stereocenters. The Morgan fingerprint density at radius 2 is 1.83 bits per heavy atom. The Hall–Kier alpha value is -3.48. The normalized spacial score (nSPS) is 11.8. The lowest BCUT2D eigenvalue weighted by molar-refractivity contribution is -0.132. The van der Waals surface area contributed by atoms with E-state index in [1.165, 1.54) is 6.92 Å². The van der Waals surface area contributed by atoms with Gasteiger partial charge in [-0.15, -0.1) is 0 Å². The maximum atomic E-state index is 13.0. The molecule has 0 fully saturated rings. The Kier molecular flexibility index (Phi) is 6.61. The summed E-state index contributed by atoms with van der Waals surface area (Å²) in [6, 6.07) is 14.4. The van der Waals surface area contributed by atoms with E-state index in [0.717, 1.165) is 11.1 Å². The number of hydrogen-bond acceptors (Lipinski definition) is 4. The summed E-state index contributed by atoms with van der Waals surface area (Å²) < 4.78 is 0. The van der Waals surface area contributed by atoms with Crippen LogP contribution in [0.15, 0.2) is 53.3 Å². The van der Waals surface area contributed by atoms with E-state index in [-0.39, 0.29) is 30.3 Å². The highest BCUT2D eigenvalue weighted by Gasteiger charge is 2.21. The second-order valence-corrected chi connectivity index (χ2v) is 7.31. The molecule has 0 spiro atoms. The number of carbonyl (C=O) groups excluding carboxylic acids is 2. The molecule has 7 heteroatoms. The Balaban J connectivity index is 1.79. The molecule has 0 bridgehead atoms. The Morgan fingerprint density at radius 3 is 2.50 bits per heavy atom. The first-order valence-electron chi connectivity index (χ1n) is 9.96. The van der Waals surface area contributed by atoms with Gasteiger partial charge in [0.25, 0.3) is 5.56 Å². The minimum atomic E-state index is -0.423. The number of hydrogen-bond donors (Lipinski definition) is 2. The molecule has 0 aliphatic heterocycles. The van der Waals surface area contributed by atoms with E-state index in [9.17, 15) is 14.4 Å². The molecule has 0 saturated heterocycles. The topological polar surface area (TPSA) is 95.2 Å². The maximum Gasteiger partial charge on any atom is 0.258 e. The molecular weight excluding hydrogens is 380 g/mol. The zero-order valence-corrected chi connectivity index (χ0v) is 17.4. The van der Waals surface area contributed by atoms with Gasteiger partial charge in [-0.2, -0.15) is 0 Å². The lowest BCUT2D eigenvalue weighted by Crippen LogP contribution is -2.36. The highest BCUT2D eigenvalue weighted by molar-refractivity contribution is 5.79. The first-order valence-corrected chi connectivity index (χ1v) is 9.96. The smallest absolute Gasteiger partial charge is 0.258 e. The van der Waals surface area contributed by atoms with Crippen LogP contribution in [0, 0.1) is 6.92 Å². The SMILES string of the molecule is CCN(Cc1nc2ccccc2c(=O)[nH]1)C(=O)CC(NC(C)=O)c1ccc(C)cc1. The van der Waals surface area contributed by atoms with Gasteiger partial charge >= 0.3 is 0 Å². The first-order chi connectivity index (χ1) is 14.4. The summed E-state index contributed by atoms with van der Waals surface area (Å²) in [7, 11) is 0. The van der Waals surface area contributed by atoms with Crippen molar-refractivity contribution in [2.24, 2.45) is 0 Å². The van der Waals surface area contributed by atoms with E-state index < -0.39 is 6.04 Å². The largest absolute Gasteiger partial charge is 0.349 e. The first kappa shape index (κ1) is 21.2. The molecule has 2 amide bonds. The van der Waals surface area contributed by atoms with Crippen LogP contribution >= 0.6 is 0 Å². The van der Waals surface area contributed by atoms with Gasteiger partial charge < -0.3 is 15.2 Å². The number of carbonyl (C=O) groups is 2. The van der Waals surface area contributed by atoms with Gasteiger partial charge in [-0.25, -0.2) is 4.98 Å². The number of amides is 2. The number of H-pyrrole nitrogens is 1. The predicted molar refractivity (Wildman–Crippen MR) is 116 cm³/mol. The summed E-state index contributed by atoms with van der Waals surface area (Å²) in [5.74, 6) is 0.102. The number of nitrogens with one attached hydrogen (secondary N) is 2. The van der Waals surface area contributed by atoms with Crippen LogP contribution in [0.5, 0.6) is 0 Å². The van der Waals surface area contributed by atoms with E-state index in [1.807, 2.05) is 44.2 Å². The molecule has 0 aliphatic rings. The van der Waals surface area contributed by atoms with Crippen LogP contribution in [-0.4, -0.2) is 33.2 Å². The van der Waals surface area contributed by atoms with E-state index in [4.69, 9.17) is 0 Å². The molecule has 3 rings (SSSR count). The molecule has 0 aliphatic carbocycles. The van der Waals surface area contributed by atoms with Gasteiger partial charge in [-0.05, 0) is 31.5 Å². The van der Waals surface area contributed by atoms with Crippen LogP contribution in [0.25, 0.3) is 10.9 Å². The fourth-order valence-electron chi connectivity index (χ4n) is 3.37. The molecule has 7 nitrogen and oxygen atoms in total.